The summed E-state index contributed by atoms with van der Waals surface area (Å²) in [6, 6.07) is 14.2. The van der Waals surface area contributed by atoms with Crippen LogP contribution in [-0.2, 0) is 22.6 Å². The van der Waals surface area contributed by atoms with E-state index in [0.717, 1.165) is 11.3 Å². The van der Waals surface area contributed by atoms with Crippen molar-refractivity contribution in [1.82, 2.24) is 15.0 Å². The molecule has 3 aromatic heterocycles. The summed E-state index contributed by atoms with van der Waals surface area (Å²) in [7, 11) is 0. The van der Waals surface area contributed by atoms with Crippen molar-refractivity contribution in [2.75, 3.05) is 5.32 Å². The summed E-state index contributed by atoms with van der Waals surface area (Å²) < 4.78 is 11.0. The Hall–Kier alpha value is -4.11. The fourth-order valence-electron chi connectivity index (χ4n) is 2.91. The third kappa shape index (κ3) is 5.98. The normalized spacial score (nSPS) is 10.5. The quantitative estimate of drug-likeness (QED) is 0.384. The van der Waals surface area contributed by atoms with Gasteiger partial charge in [0.2, 0.25) is 11.8 Å². The number of hydrogen-bond donors (Lipinski definition) is 1. The first-order valence-corrected chi connectivity index (χ1v) is 11.0. The van der Waals surface area contributed by atoms with Crippen molar-refractivity contribution in [1.29, 1.82) is 0 Å². The van der Waals surface area contributed by atoms with Gasteiger partial charge in [-0.2, -0.15) is 0 Å². The molecule has 166 valence electrons. The molecule has 0 bridgehead atoms. The number of nitrogens with zero attached hydrogens (tertiary/aromatic N) is 3. The van der Waals surface area contributed by atoms with Gasteiger partial charge in [-0.1, -0.05) is 18.2 Å². The Morgan fingerprint density at radius 2 is 1.91 bits per heavy atom. The van der Waals surface area contributed by atoms with Crippen molar-refractivity contribution in [3.8, 4) is 11.6 Å². The van der Waals surface area contributed by atoms with Crippen LogP contribution in [0.4, 0.5) is 5.69 Å². The highest BCUT2D eigenvalue weighted by Crippen LogP contribution is 2.23. The summed E-state index contributed by atoms with van der Waals surface area (Å²) in [4.78, 5) is 37.4. The highest BCUT2D eigenvalue weighted by molar-refractivity contribution is 7.09. The minimum absolute atomic E-state index is 0.0318. The molecule has 0 spiro atoms. The third-order valence-corrected chi connectivity index (χ3v) is 5.42. The molecule has 33 heavy (non-hydrogen) atoms. The van der Waals surface area contributed by atoms with Crippen LogP contribution in [0.3, 0.4) is 0 Å². The van der Waals surface area contributed by atoms with E-state index in [1.54, 1.807) is 35.8 Å². The molecule has 3 heterocycles. The maximum absolute atomic E-state index is 12.6. The van der Waals surface area contributed by atoms with Crippen molar-refractivity contribution in [3.63, 3.8) is 0 Å². The summed E-state index contributed by atoms with van der Waals surface area (Å²) in [5.41, 5.74) is 2.51. The molecule has 0 aliphatic carbocycles. The van der Waals surface area contributed by atoms with E-state index in [1.807, 2.05) is 31.2 Å². The van der Waals surface area contributed by atoms with Crippen LogP contribution in [0.15, 0.2) is 72.5 Å². The average Bonchev–Trinajstić information content (AvgIpc) is 3.27. The second-order valence-corrected chi connectivity index (χ2v) is 7.94. The number of carbonyl (C=O) groups is 2. The van der Waals surface area contributed by atoms with Gasteiger partial charge in [-0.3, -0.25) is 9.78 Å². The van der Waals surface area contributed by atoms with E-state index in [4.69, 9.17) is 9.47 Å². The van der Waals surface area contributed by atoms with Gasteiger partial charge in [0.15, 0.2) is 0 Å². The first-order chi connectivity index (χ1) is 16.1. The number of amides is 1. The summed E-state index contributed by atoms with van der Waals surface area (Å²) in [6.45, 7) is 1.90. The van der Waals surface area contributed by atoms with Crippen LogP contribution in [0, 0.1) is 6.92 Å². The molecule has 0 unspecified atom stereocenters. The number of benzene rings is 1. The Kier molecular flexibility index (Phi) is 7.01. The average molecular weight is 461 g/mol. The SMILES string of the molecule is Cc1ccccc1NC(=O)Cc1nc(COC(=O)c2cccnc2Oc2cccnc2)cs1. The standard InChI is InChI=1S/C24H20N4O4S/c1-16-6-2-3-9-20(16)28-21(29)12-22-27-17(15-33-22)14-31-24(30)19-8-5-11-26-23(19)32-18-7-4-10-25-13-18/h2-11,13,15H,12,14H2,1H3,(H,28,29). The van der Waals surface area contributed by atoms with Gasteiger partial charge in [0.1, 0.15) is 22.9 Å². The number of hydrogen-bond acceptors (Lipinski definition) is 8. The minimum atomic E-state index is -0.589. The van der Waals surface area contributed by atoms with Crippen molar-refractivity contribution in [3.05, 3.63) is 94.3 Å². The molecule has 0 aliphatic rings. The number of anilines is 1. The molecule has 0 saturated carbocycles. The van der Waals surface area contributed by atoms with Crippen LogP contribution in [0.1, 0.15) is 26.6 Å². The molecule has 1 amide bonds. The first-order valence-electron chi connectivity index (χ1n) is 10.1. The molecule has 0 aliphatic heterocycles. The summed E-state index contributed by atoms with van der Waals surface area (Å²) in [5, 5.41) is 5.28. The van der Waals surface area contributed by atoms with Crippen LogP contribution in [-0.4, -0.2) is 26.8 Å². The second-order valence-electron chi connectivity index (χ2n) is 7.00. The molecule has 0 radical (unpaired) electrons. The third-order valence-electron chi connectivity index (χ3n) is 4.52. The lowest BCUT2D eigenvalue weighted by atomic mass is 10.2. The van der Waals surface area contributed by atoms with Gasteiger partial charge in [0, 0.05) is 23.5 Å². The summed E-state index contributed by atoms with van der Waals surface area (Å²) in [5.74, 6) is -0.163. The van der Waals surface area contributed by atoms with Gasteiger partial charge in [-0.15, -0.1) is 11.3 Å². The molecule has 4 aromatic rings. The van der Waals surface area contributed by atoms with Gasteiger partial charge in [0.25, 0.3) is 0 Å². The van der Waals surface area contributed by atoms with E-state index in [2.05, 4.69) is 20.3 Å². The maximum Gasteiger partial charge on any atom is 0.344 e. The van der Waals surface area contributed by atoms with Crippen molar-refractivity contribution < 1.29 is 19.1 Å². The maximum atomic E-state index is 12.6. The lowest BCUT2D eigenvalue weighted by Crippen LogP contribution is -2.15. The number of ether oxygens (including phenoxy) is 2. The molecule has 0 saturated heterocycles. The predicted octanol–water partition coefficient (Wildman–Crippen LogP) is 4.57. The number of carbonyl (C=O) groups excluding carboxylic acids is 2. The number of esters is 1. The van der Waals surface area contributed by atoms with Crippen molar-refractivity contribution >= 4 is 28.9 Å². The zero-order valence-corrected chi connectivity index (χ0v) is 18.5. The Labute approximate surface area is 194 Å². The molecule has 9 heteroatoms. The van der Waals surface area contributed by atoms with Crippen LogP contribution < -0.4 is 10.1 Å². The first kappa shape index (κ1) is 22.1. The Morgan fingerprint density at radius 3 is 2.73 bits per heavy atom. The van der Waals surface area contributed by atoms with Crippen LogP contribution in [0.25, 0.3) is 0 Å². The van der Waals surface area contributed by atoms with Crippen LogP contribution >= 0.6 is 11.3 Å². The lowest BCUT2D eigenvalue weighted by Gasteiger charge is -2.09. The van der Waals surface area contributed by atoms with E-state index in [0.29, 0.717) is 16.5 Å². The summed E-state index contributed by atoms with van der Waals surface area (Å²) in [6.07, 6.45) is 4.81. The number of thiazole rings is 1. The van der Waals surface area contributed by atoms with Gasteiger partial charge in [-0.25, -0.2) is 14.8 Å². The molecule has 0 atom stereocenters. The van der Waals surface area contributed by atoms with E-state index in [9.17, 15) is 9.59 Å². The molecule has 4 rings (SSSR count). The molecular formula is C24H20N4O4S. The van der Waals surface area contributed by atoms with Crippen LogP contribution in [0.2, 0.25) is 0 Å². The highest BCUT2D eigenvalue weighted by Gasteiger charge is 2.17. The Morgan fingerprint density at radius 1 is 1.06 bits per heavy atom. The molecule has 0 fully saturated rings. The number of nitrogens with one attached hydrogen (secondary N) is 1. The van der Waals surface area contributed by atoms with E-state index in [1.165, 1.54) is 23.7 Å². The number of aryl methyl sites for hydroxylation is 1. The second kappa shape index (κ2) is 10.5. The largest absolute Gasteiger partial charge is 0.455 e. The summed E-state index contributed by atoms with van der Waals surface area (Å²) >= 11 is 1.34. The van der Waals surface area contributed by atoms with Crippen molar-refractivity contribution in [2.45, 2.75) is 20.0 Å². The number of rotatable bonds is 8. The van der Waals surface area contributed by atoms with E-state index >= 15 is 0 Å². The highest BCUT2D eigenvalue weighted by atomic mass is 32.1. The zero-order valence-electron chi connectivity index (χ0n) is 17.7. The predicted molar refractivity (Wildman–Crippen MR) is 123 cm³/mol. The van der Waals surface area contributed by atoms with Gasteiger partial charge in [-0.05, 0) is 42.8 Å². The smallest absolute Gasteiger partial charge is 0.344 e. The van der Waals surface area contributed by atoms with Gasteiger partial charge in [0.05, 0.1) is 18.3 Å². The zero-order chi connectivity index (χ0) is 23.0. The van der Waals surface area contributed by atoms with E-state index in [-0.39, 0.29) is 30.4 Å². The topological polar surface area (TPSA) is 103 Å². The molecule has 1 N–H and O–H groups in total. The fourth-order valence-corrected chi connectivity index (χ4v) is 3.68. The fraction of sp³-hybridized carbons (Fsp3) is 0.125. The Bertz CT molecular complexity index is 1260. The number of para-hydroxylation sites is 1. The molecule has 8 nitrogen and oxygen atoms in total. The monoisotopic (exact) mass is 460 g/mol. The number of pyridine rings is 2. The van der Waals surface area contributed by atoms with Crippen LogP contribution in [0.5, 0.6) is 11.6 Å². The Balaban J connectivity index is 1.34. The van der Waals surface area contributed by atoms with Gasteiger partial charge >= 0.3 is 5.97 Å². The molecule has 1 aromatic carbocycles. The van der Waals surface area contributed by atoms with E-state index < -0.39 is 5.97 Å². The molecular weight excluding hydrogens is 440 g/mol. The lowest BCUT2D eigenvalue weighted by molar-refractivity contribution is -0.115. The minimum Gasteiger partial charge on any atom is -0.455 e. The van der Waals surface area contributed by atoms with Crippen molar-refractivity contribution in [2.24, 2.45) is 0 Å². The number of aromatic nitrogens is 3. The van der Waals surface area contributed by atoms with Gasteiger partial charge < -0.3 is 14.8 Å².